The van der Waals surface area contributed by atoms with Crippen LogP contribution in [0.1, 0.15) is 28.9 Å². The van der Waals surface area contributed by atoms with Crippen LogP contribution in [0.15, 0.2) is 52.0 Å². The van der Waals surface area contributed by atoms with E-state index in [1.54, 1.807) is 44.5 Å². The van der Waals surface area contributed by atoms with Crippen molar-refractivity contribution in [1.29, 1.82) is 5.26 Å². The number of pyridine rings is 3. The standard InChI is InChI=1S/C24H22N8O4/c1-26-16-11-18(28-15-6-4-10-32(24(15)34)22-13(12-25)5-3-9-27-22)30-19-20(31-36-21(16)19)23(33)29-14-7-8-17(14)35-2/h3-6,9-11,14,17H,7-8H2,1-2H3,(H,29,33)(H2,26,28,30)/t14-,17-/m1/s1. The number of nitrogens with one attached hydrogen (secondary N) is 3. The topological polar surface area (TPSA) is 160 Å². The van der Waals surface area contributed by atoms with Crippen molar-refractivity contribution in [1.82, 2.24) is 25.0 Å². The number of ether oxygens (including phenoxy) is 1. The lowest BCUT2D eigenvalue weighted by molar-refractivity contribution is 0.00718. The molecule has 182 valence electrons. The molecule has 2 atom stereocenters. The Balaban J connectivity index is 1.50. The van der Waals surface area contributed by atoms with Crippen LogP contribution in [0.25, 0.3) is 16.9 Å². The average Bonchev–Trinajstić information content (AvgIpc) is 3.31. The monoisotopic (exact) mass is 486 g/mol. The minimum atomic E-state index is -0.431. The van der Waals surface area contributed by atoms with Crippen LogP contribution in [0, 0.1) is 11.3 Å². The zero-order valence-corrected chi connectivity index (χ0v) is 19.5. The molecule has 3 N–H and O–H groups in total. The fraction of sp³-hybridized carbons (Fsp3) is 0.250. The Kier molecular flexibility index (Phi) is 6.05. The summed E-state index contributed by atoms with van der Waals surface area (Å²) in [5, 5.41) is 22.3. The van der Waals surface area contributed by atoms with Crippen LogP contribution in [0.4, 0.5) is 17.2 Å². The molecule has 1 aliphatic rings. The van der Waals surface area contributed by atoms with Gasteiger partial charge in [-0.15, -0.1) is 0 Å². The minimum absolute atomic E-state index is 0.0320. The highest BCUT2D eigenvalue weighted by Gasteiger charge is 2.33. The second-order valence-electron chi connectivity index (χ2n) is 8.15. The maximum absolute atomic E-state index is 13.2. The van der Waals surface area contributed by atoms with Crippen molar-refractivity contribution in [3.63, 3.8) is 0 Å². The van der Waals surface area contributed by atoms with Crippen molar-refractivity contribution < 1.29 is 14.1 Å². The van der Waals surface area contributed by atoms with Crippen LogP contribution < -0.4 is 21.5 Å². The molecule has 4 aromatic rings. The molecule has 4 heterocycles. The second kappa shape index (κ2) is 9.47. The Labute approximate surface area is 204 Å². The van der Waals surface area contributed by atoms with Gasteiger partial charge in [-0.2, -0.15) is 5.26 Å². The first-order valence-corrected chi connectivity index (χ1v) is 11.2. The van der Waals surface area contributed by atoms with Crippen LogP contribution in [-0.2, 0) is 4.74 Å². The highest BCUT2D eigenvalue weighted by molar-refractivity contribution is 6.05. The van der Waals surface area contributed by atoms with E-state index in [9.17, 15) is 14.9 Å². The molecule has 1 fully saturated rings. The van der Waals surface area contributed by atoms with E-state index in [1.165, 1.54) is 17.0 Å². The third-order valence-electron chi connectivity index (χ3n) is 6.09. The van der Waals surface area contributed by atoms with Gasteiger partial charge in [0.15, 0.2) is 11.5 Å². The van der Waals surface area contributed by atoms with E-state index in [4.69, 9.17) is 9.26 Å². The maximum Gasteiger partial charge on any atom is 0.280 e. The van der Waals surface area contributed by atoms with Crippen LogP contribution in [0.5, 0.6) is 0 Å². The Hall–Kier alpha value is -4.76. The zero-order valence-electron chi connectivity index (χ0n) is 19.5. The summed E-state index contributed by atoms with van der Waals surface area (Å²) in [4.78, 5) is 34.8. The minimum Gasteiger partial charge on any atom is -0.385 e. The summed E-state index contributed by atoms with van der Waals surface area (Å²) in [6.45, 7) is 0. The number of anilines is 3. The van der Waals surface area contributed by atoms with Crippen molar-refractivity contribution in [2.75, 3.05) is 24.8 Å². The molecule has 0 spiro atoms. The van der Waals surface area contributed by atoms with Gasteiger partial charge in [0.25, 0.3) is 11.5 Å². The lowest BCUT2D eigenvalue weighted by Crippen LogP contribution is -2.51. The van der Waals surface area contributed by atoms with Gasteiger partial charge in [0.1, 0.15) is 23.1 Å². The molecule has 0 unspecified atom stereocenters. The van der Waals surface area contributed by atoms with Crippen LogP contribution in [0.3, 0.4) is 0 Å². The lowest BCUT2D eigenvalue weighted by atomic mass is 9.89. The fourth-order valence-corrected chi connectivity index (χ4v) is 4.04. The summed E-state index contributed by atoms with van der Waals surface area (Å²) in [7, 11) is 3.30. The quantitative estimate of drug-likeness (QED) is 0.354. The van der Waals surface area contributed by atoms with E-state index in [1.807, 2.05) is 6.07 Å². The number of methoxy groups -OCH3 is 1. The molecule has 1 amide bonds. The van der Waals surface area contributed by atoms with Gasteiger partial charge in [-0.3, -0.25) is 14.2 Å². The van der Waals surface area contributed by atoms with Crippen LogP contribution in [-0.4, -0.2) is 51.9 Å². The van der Waals surface area contributed by atoms with Gasteiger partial charge >= 0.3 is 0 Å². The molecule has 0 radical (unpaired) electrons. The van der Waals surface area contributed by atoms with Gasteiger partial charge in [-0.05, 0) is 37.1 Å². The molecule has 0 aliphatic heterocycles. The maximum atomic E-state index is 13.2. The van der Waals surface area contributed by atoms with Gasteiger partial charge in [-0.25, -0.2) is 9.97 Å². The first kappa shape index (κ1) is 23.0. The Morgan fingerprint density at radius 1 is 1.28 bits per heavy atom. The molecule has 12 heteroatoms. The molecule has 0 bridgehead atoms. The summed E-state index contributed by atoms with van der Waals surface area (Å²) >= 11 is 0. The summed E-state index contributed by atoms with van der Waals surface area (Å²) in [6, 6.07) is 10.0. The molecule has 1 aliphatic carbocycles. The smallest absolute Gasteiger partial charge is 0.280 e. The number of hydrogen-bond acceptors (Lipinski definition) is 10. The molecule has 36 heavy (non-hydrogen) atoms. The van der Waals surface area contributed by atoms with Crippen LogP contribution >= 0.6 is 0 Å². The number of fused-ring (bicyclic) bond motifs is 1. The number of aromatic nitrogens is 4. The lowest BCUT2D eigenvalue weighted by Gasteiger charge is -2.35. The number of carbonyl (C=O) groups excluding carboxylic acids is 1. The van der Waals surface area contributed by atoms with Gasteiger partial charge < -0.3 is 25.2 Å². The van der Waals surface area contributed by atoms with Gasteiger partial charge in [0.2, 0.25) is 5.58 Å². The highest BCUT2D eigenvalue weighted by atomic mass is 16.5. The summed E-state index contributed by atoms with van der Waals surface area (Å²) in [6.07, 6.45) is 4.69. The fourth-order valence-electron chi connectivity index (χ4n) is 4.04. The van der Waals surface area contributed by atoms with Crippen molar-refractivity contribution >= 4 is 34.2 Å². The number of nitriles is 1. The van der Waals surface area contributed by atoms with Crippen molar-refractivity contribution in [3.8, 4) is 11.9 Å². The van der Waals surface area contributed by atoms with Gasteiger partial charge in [-0.1, -0.05) is 5.16 Å². The summed E-state index contributed by atoms with van der Waals surface area (Å²) in [5.74, 6) is 0.0867. The average molecular weight is 486 g/mol. The SMILES string of the molecule is CNc1cc(Nc2cccn(-c3ncccc3C#N)c2=O)nc2c(C(=O)N[C@@H]3CC[C@H]3OC)noc12. The van der Waals surface area contributed by atoms with E-state index < -0.39 is 11.5 Å². The first-order chi connectivity index (χ1) is 17.5. The van der Waals surface area contributed by atoms with E-state index in [2.05, 4.69) is 31.1 Å². The van der Waals surface area contributed by atoms with E-state index in [0.29, 0.717) is 17.1 Å². The molecule has 12 nitrogen and oxygen atoms in total. The third kappa shape index (κ3) is 4.01. The Morgan fingerprint density at radius 2 is 2.14 bits per heavy atom. The number of nitrogens with zero attached hydrogens (tertiary/aromatic N) is 5. The largest absolute Gasteiger partial charge is 0.385 e. The van der Waals surface area contributed by atoms with E-state index in [-0.39, 0.29) is 40.4 Å². The van der Waals surface area contributed by atoms with Crippen molar-refractivity contribution in [2.45, 2.75) is 25.0 Å². The molecule has 0 aromatic carbocycles. The predicted octanol–water partition coefficient (Wildman–Crippen LogP) is 2.33. The zero-order chi connectivity index (χ0) is 25.2. The molecule has 5 rings (SSSR count). The van der Waals surface area contributed by atoms with Crippen molar-refractivity contribution in [2.24, 2.45) is 0 Å². The predicted molar refractivity (Wildman–Crippen MR) is 130 cm³/mol. The molecule has 1 saturated carbocycles. The summed E-state index contributed by atoms with van der Waals surface area (Å²) < 4.78 is 12.0. The Morgan fingerprint density at radius 3 is 2.86 bits per heavy atom. The van der Waals surface area contributed by atoms with Crippen molar-refractivity contribution in [3.05, 3.63) is 64.3 Å². The molecular formula is C24H22N8O4. The number of hydrogen-bond donors (Lipinski definition) is 3. The summed E-state index contributed by atoms with van der Waals surface area (Å²) in [5.41, 5.74) is 1.13. The number of carbonyl (C=O) groups is 1. The number of rotatable bonds is 7. The van der Waals surface area contributed by atoms with Gasteiger partial charge in [0.05, 0.1) is 23.4 Å². The van der Waals surface area contributed by atoms with E-state index >= 15 is 0 Å². The van der Waals surface area contributed by atoms with E-state index in [0.717, 1.165) is 12.8 Å². The third-order valence-corrected chi connectivity index (χ3v) is 6.09. The Bertz CT molecular complexity index is 1550. The first-order valence-electron chi connectivity index (χ1n) is 11.2. The second-order valence-corrected chi connectivity index (χ2v) is 8.15. The highest BCUT2D eigenvalue weighted by Crippen LogP contribution is 2.29. The molecule has 0 saturated heterocycles. The number of amides is 1. The van der Waals surface area contributed by atoms with Crippen LogP contribution in [0.2, 0.25) is 0 Å². The normalized spacial score (nSPS) is 16.7. The van der Waals surface area contributed by atoms with Gasteiger partial charge in [0, 0.05) is 32.6 Å². The molecular weight excluding hydrogens is 464 g/mol. The molecule has 4 aromatic heterocycles.